The molecule has 1 aliphatic carbocycles. The molecule has 0 atom stereocenters. The Balaban J connectivity index is 1.27. The number of nitrogens with one attached hydrogen (secondary N) is 1. The van der Waals surface area contributed by atoms with Crippen LogP contribution in [-0.2, 0) is 0 Å². The lowest BCUT2D eigenvalue weighted by Crippen LogP contribution is -2.47. The third-order valence-electron chi connectivity index (χ3n) is 4.99. The van der Waals surface area contributed by atoms with Gasteiger partial charge in [0.15, 0.2) is 11.6 Å². The molecule has 7 nitrogen and oxygen atoms in total. The van der Waals surface area contributed by atoms with Gasteiger partial charge in [-0.05, 0) is 32.8 Å². The smallest absolute Gasteiger partial charge is 0.223 e. The zero-order valence-electron chi connectivity index (χ0n) is 15.3. The van der Waals surface area contributed by atoms with Crippen LogP contribution in [0.15, 0.2) is 42.9 Å². The van der Waals surface area contributed by atoms with Crippen molar-refractivity contribution >= 4 is 40.6 Å². The first kappa shape index (κ1) is 16.6. The summed E-state index contributed by atoms with van der Waals surface area (Å²) in [6, 6.07) is 9.24. The molecule has 5 rings (SSSR count). The van der Waals surface area contributed by atoms with Crippen molar-refractivity contribution in [1.29, 1.82) is 0 Å². The second-order valence-corrected chi connectivity index (χ2v) is 8.20. The summed E-state index contributed by atoms with van der Waals surface area (Å²) >= 11 is 1.72. The normalized spacial score (nSPS) is 21.4. The Bertz CT molecular complexity index is 973. The number of hydrogen-bond acceptors (Lipinski definition) is 8. The van der Waals surface area contributed by atoms with Crippen molar-refractivity contribution in [3.8, 4) is 0 Å². The second-order valence-electron chi connectivity index (χ2n) is 7.25. The second kappa shape index (κ2) is 6.53. The van der Waals surface area contributed by atoms with Crippen LogP contribution >= 0.6 is 12.1 Å². The molecule has 1 N–H and O–H groups in total. The molecule has 8 heteroatoms. The van der Waals surface area contributed by atoms with Crippen molar-refractivity contribution in [2.75, 3.05) is 13.9 Å². The number of anilines is 3. The SMILES string of the molecule is CC(C)N1SN([C@H]2C[C@H](Nc3ncc4ccccc4n3)C2)c2nccnc21. The Kier molecular flexibility index (Phi) is 4.00. The number of hydrogen-bond donors (Lipinski definition) is 1. The molecule has 1 saturated carbocycles. The van der Waals surface area contributed by atoms with E-state index in [9.17, 15) is 0 Å². The molecule has 0 amide bonds. The van der Waals surface area contributed by atoms with Gasteiger partial charge in [-0.2, -0.15) is 0 Å². The molecule has 1 aliphatic heterocycles. The van der Waals surface area contributed by atoms with E-state index in [1.165, 1.54) is 0 Å². The maximum Gasteiger partial charge on any atom is 0.223 e. The predicted molar refractivity (Wildman–Crippen MR) is 110 cm³/mol. The maximum absolute atomic E-state index is 4.62. The van der Waals surface area contributed by atoms with Crippen LogP contribution in [0.1, 0.15) is 26.7 Å². The number of nitrogens with zero attached hydrogens (tertiary/aromatic N) is 6. The highest BCUT2D eigenvalue weighted by molar-refractivity contribution is 8.02. The van der Waals surface area contributed by atoms with E-state index in [4.69, 9.17) is 0 Å². The number of rotatable bonds is 4. The predicted octanol–water partition coefficient (Wildman–Crippen LogP) is 3.66. The Hall–Kier alpha value is -2.61. The van der Waals surface area contributed by atoms with Crippen molar-refractivity contribution in [3.05, 3.63) is 42.9 Å². The minimum absolute atomic E-state index is 0.371. The molecule has 1 aromatic carbocycles. The van der Waals surface area contributed by atoms with Gasteiger partial charge in [0, 0.05) is 42.1 Å². The van der Waals surface area contributed by atoms with Crippen LogP contribution in [0.3, 0.4) is 0 Å². The lowest BCUT2D eigenvalue weighted by atomic mass is 9.87. The van der Waals surface area contributed by atoms with Gasteiger partial charge in [-0.25, -0.2) is 19.9 Å². The lowest BCUT2D eigenvalue weighted by Gasteiger charge is -2.40. The van der Waals surface area contributed by atoms with Crippen molar-refractivity contribution in [2.45, 2.75) is 44.8 Å². The number of fused-ring (bicyclic) bond motifs is 2. The molecule has 1 fully saturated rings. The van der Waals surface area contributed by atoms with Gasteiger partial charge in [0.1, 0.15) is 0 Å². The topological polar surface area (TPSA) is 70.1 Å². The molecule has 3 aromatic rings. The minimum Gasteiger partial charge on any atom is -0.351 e. The molecular formula is C19H21N7S. The molecule has 0 bridgehead atoms. The summed E-state index contributed by atoms with van der Waals surface area (Å²) in [5.41, 5.74) is 0.970. The lowest BCUT2D eigenvalue weighted by molar-refractivity contribution is 0.378. The van der Waals surface area contributed by atoms with Gasteiger partial charge in [-0.1, -0.05) is 18.2 Å². The zero-order chi connectivity index (χ0) is 18.4. The van der Waals surface area contributed by atoms with Gasteiger partial charge in [-0.3, -0.25) is 8.61 Å². The first-order chi connectivity index (χ1) is 13.2. The molecular weight excluding hydrogens is 358 g/mol. The molecule has 138 valence electrons. The Morgan fingerprint density at radius 2 is 1.85 bits per heavy atom. The zero-order valence-corrected chi connectivity index (χ0v) is 16.1. The summed E-state index contributed by atoms with van der Waals surface area (Å²) in [4.78, 5) is 18.2. The van der Waals surface area contributed by atoms with Crippen molar-refractivity contribution < 1.29 is 0 Å². The summed E-state index contributed by atoms with van der Waals surface area (Å²) in [5, 5.41) is 4.54. The summed E-state index contributed by atoms with van der Waals surface area (Å²) < 4.78 is 4.54. The van der Waals surface area contributed by atoms with E-state index >= 15 is 0 Å². The first-order valence-corrected chi connectivity index (χ1v) is 9.98. The van der Waals surface area contributed by atoms with Crippen LogP contribution < -0.4 is 13.9 Å². The van der Waals surface area contributed by atoms with E-state index in [1.54, 1.807) is 24.5 Å². The van der Waals surface area contributed by atoms with Gasteiger partial charge >= 0.3 is 0 Å². The van der Waals surface area contributed by atoms with Crippen molar-refractivity contribution in [3.63, 3.8) is 0 Å². The fraction of sp³-hybridized carbons (Fsp3) is 0.368. The Morgan fingerprint density at radius 3 is 2.67 bits per heavy atom. The Morgan fingerprint density at radius 1 is 1.07 bits per heavy atom. The summed E-state index contributed by atoms with van der Waals surface area (Å²) in [7, 11) is 0. The third kappa shape index (κ3) is 2.93. The van der Waals surface area contributed by atoms with Crippen molar-refractivity contribution in [2.24, 2.45) is 0 Å². The minimum atomic E-state index is 0.371. The van der Waals surface area contributed by atoms with Crippen LogP contribution in [0, 0.1) is 0 Å². The molecule has 0 unspecified atom stereocenters. The standard InChI is InChI=1S/C19H21N7S/c1-12(2)25-17-18(21-8-7-20-17)26(27-25)15-9-14(10-15)23-19-22-11-13-5-3-4-6-16(13)24-19/h3-8,11-12,14-15H,9-10H2,1-2H3,(H,22,23,24)/t14-,15-. The number of para-hydroxylation sites is 1. The highest BCUT2D eigenvalue weighted by Crippen LogP contribution is 2.47. The van der Waals surface area contributed by atoms with Gasteiger partial charge in [0.2, 0.25) is 5.95 Å². The molecule has 27 heavy (non-hydrogen) atoms. The Labute approximate surface area is 162 Å². The van der Waals surface area contributed by atoms with Crippen LogP contribution in [0.2, 0.25) is 0 Å². The van der Waals surface area contributed by atoms with E-state index < -0.39 is 0 Å². The van der Waals surface area contributed by atoms with Crippen LogP contribution in [0.5, 0.6) is 0 Å². The van der Waals surface area contributed by atoms with Crippen LogP contribution in [0.4, 0.5) is 17.6 Å². The molecule has 0 saturated heterocycles. The quantitative estimate of drug-likeness (QED) is 0.689. The first-order valence-electron chi connectivity index (χ1n) is 9.25. The maximum atomic E-state index is 4.62. The average molecular weight is 379 g/mol. The number of benzene rings is 1. The fourth-order valence-electron chi connectivity index (χ4n) is 3.51. The van der Waals surface area contributed by atoms with Gasteiger partial charge in [0.05, 0.1) is 17.7 Å². The van der Waals surface area contributed by atoms with E-state index in [0.29, 0.717) is 24.1 Å². The largest absolute Gasteiger partial charge is 0.351 e. The highest BCUT2D eigenvalue weighted by atomic mass is 32.2. The molecule has 2 aromatic heterocycles. The molecule has 3 heterocycles. The monoisotopic (exact) mass is 379 g/mol. The van der Waals surface area contributed by atoms with Crippen LogP contribution in [-0.4, -0.2) is 38.1 Å². The average Bonchev–Trinajstić information content (AvgIpc) is 3.04. The van der Waals surface area contributed by atoms with E-state index in [0.717, 1.165) is 35.4 Å². The summed E-state index contributed by atoms with van der Waals surface area (Å²) in [6.45, 7) is 4.36. The van der Waals surface area contributed by atoms with Gasteiger partial charge < -0.3 is 5.32 Å². The fourth-order valence-corrected chi connectivity index (χ4v) is 4.60. The van der Waals surface area contributed by atoms with Crippen molar-refractivity contribution in [1.82, 2.24) is 19.9 Å². The van der Waals surface area contributed by atoms with E-state index in [1.807, 2.05) is 30.5 Å². The van der Waals surface area contributed by atoms with Crippen LogP contribution in [0.25, 0.3) is 10.9 Å². The molecule has 0 radical (unpaired) electrons. The van der Waals surface area contributed by atoms with Gasteiger partial charge in [-0.15, -0.1) is 0 Å². The molecule has 2 aliphatic rings. The molecule has 0 spiro atoms. The highest BCUT2D eigenvalue weighted by Gasteiger charge is 2.42. The van der Waals surface area contributed by atoms with Gasteiger partial charge in [0.25, 0.3) is 0 Å². The van der Waals surface area contributed by atoms with E-state index in [-0.39, 0.29) is 0 Å². The van der Waals surface area contributed by atoms with E-state index in [2.05, 4.69) is 47.7 Å². The summed E-state index contributed by atoms with van der Waals surface area (Å²) in [6.07, 6.45) is 7.48. The number of aromatic nitrogens is 4. The third-order valence-corrected chi connectivity index (χ3v) is 6.41. The summed E-state index contributed by atoms with van der Waals surface area (Å²) in [5.74, 6) is 2.64.